The van der Waals surface area contributed by atoms with E-state index in [4.69, 9.17) is 5.73 Å². The van der Waals surface area contributed by atoms with E-state index < -0.39 is 28.7 Å². The second-order valence-electron chi connectivity index (χ2n) is 5.48. The van der Waals surface area contributed by atoms with Crippen molar-refractivity contribution in [2.75, 3.05) is 5.75 Å². The predicted molar refractivity (Wildman–Crippen MR) is 93.6 cm³/mol. The van der Waals surface area contributed by atoms with E-state index in [1.165, 1.54) is 24.3 Å². The Morgan fingerprint density at radius 3 is 2.32 bits per heavy atom. The summed E-state index contributed by atoms with van der Waals surface area (Å²) < 4.78 is 25.1. The highest BCUT2D eigenvalue weighted by molar-refractivity contribution is 7.85. The third kappa shape index (κ3) is 6.11. The fourth-order valence-corrected chi connectivity index (χ4v) is 3.38. The van der Waals surface area contributed by atoms with Crippen LogP contribution in [-0.2, 0) is 26.8 Å². The lowest BCUT2D eigenvalue weighted by Gasteiger charge is -2.15. The van der Waals surface area contributed by atoms with Crippen LogP contribution < -0.4 is 11.1 Å². The van der Waals surface area contributed by atoms with Gasteiger partial charge in [0.1, 0.15) is 11.9 Å². The lowest BCUT2D eigenvalue weighted by molar-refractivity contribution is -0.127. The normalized spacial score (nSPS) is 13.0. The summed E-state index contributed by atoms with van der Waals surface area (Å²) in [4.78, 5) is 24.2. The van der Waals surface area contributed by atoms with Crippen LogP contribution in [0.2, 0.25) is 0 Å². The van der Waals surface area contributed by atoms with Gasteiger partial charge in [-0.2, -0.15) is 0 Å². The van der Waals surface area contributed by atoms with E-state index in [-0.39, 0.29) is 24.4 Å². The van der Waals surface area contributed by atoms with Crippen molar-refractivity contribution in [3.63, 3.8) is 0 Å². The molecule has 2 aromatic carbocycles. The van der Waals surface area contributed by atoms with Crippen molar-refractivity contribution in [2.45, 2.75) is 23.8 Å². The third-order valence-corrected chi connectivity index (χ3v) is 4.96. The Bertz CT molecular complexity index is 751. The van der Waals surface area contributed by atoms with Gasteiger partial charge in [-0.1, -0.05) is 30.3 Å². The Labute approximate surface area is 147 Å². The average molecular weight is 362 g/mol. The molecule has 7 heteroatoms. The first kappa shape index (κ1) is 18.8. The van der Waals surface area contributed by atoms with Crippen LogP contribution in [0.4, 0.5) is 4.39 Å². The molecular formula is C18H19FN2O3S. The van der Waals surface area contributed by atoms with E-state index in [1.807, 2.05) is 6.07 Å². The van der Waals surface area contributed by atoms with Crippen LogP contribution >= 0.6 is 0 Å². The molecule has 0 spiro atoms. The van der Waals surface area contributed by atoms with Crippen LogP contribution in [0.25, 0.3) is 0 Å². The maximum absolute atomic E-state index is 12.9. The van der Waals surface area contributed by atoms with Gasteiger partial charge in [0.15, 0.2) is 0 Å². The van der Waals surface area contributed by atoms with E-state index in [0.29, 0.717) is 10.5 Å². The molecule has 132 valence electrons. The van der Waals surface area contributed by atoms with Gasteiger partial charge in [-0.15, -0.1) is 0 Å². The molecule has 25 heavy (non-hydrogen) atoms. The molecule has 2 rings (SSSR count). The van der Waals surface area contributed by atoms with Crippen molar-refractivity contribution in [3.8, 4) is 0 Å². The van der Waals surface area contributed by atoms with Crippen molar-refractivity contribution in [1.82, 2.24) is 5.32 Å². The summed E-state index contributed by atoms with van der Waals surface area (Å²) in [5.41, 5.74) is 5.94. The number of carbonyl (C=O) groups is 2. The molecule has 0 saturated carbocycles. The summed E-state index contributed by atoms with van der Waals surface area (Å²) >= 11 is 0. The summed E-state index contributed by atoms with van der Waals surface area (Å²) in [7, 11) is -1.28. The Hall–Kier alpha value is -2.54. The van der Waals surface area contributed by atoms with E-state index in [1.54, 1.807) is 24.3 Å². The highest BCUT2D eigenvalue weighted by Crippen LogP contribution is 2.08. The number of primary amides is 1. The topological polar surface area (TPSA) is 89.3 Å². The molecular weight excluding hydrogens is 343 g/mol. The molecule has 0 heterocycles. The van der Waals surface area contributed by atoms with Crippen molar-refractivity contribution < 1.29 is 18.2 Å². The Morgan fingerprint density at radius 1 is 1.08 bits per heavy atom. The minimum atomic E-state index is -1.28. The van der Waals surface area contributed by atoms with Gasteiger partial charge in [-0.25, -0.2) is 4.39 Å². The molecule has 0 aliphatic heterocycles. The number of hydrogen-bond donors (Lipinski definition) is 2. The smallest absolute Gasteiger partial charge is 0.240 e. The summed E-state index contributed by atoms with van der Waals surface area (Å²) in [5, 5.41) is 2.54. The van der Waals surface area contributed by atoms with E-state index in [2.05, 4.69) is 5.32 Å². The predicted octanol–water partition coefficient (Wildman–Crippen LogP) is 1.54. The molecule has 0 bridgehead atoms. The van der Waals surface area contributed by atoms with Crippen molar-refractivity contribution >= 4 is 22.6 Å². The first-order valence-electron chi connectivity index (χ1n) is 7.72. The second kappa shape index (κ2) is 9.08. The number of amides is 2. The average Bonchev–Trinajstić information content (AvgIpc) is 2.60. The van der Waals surface area contributed by atoms with Gasteiger partial charge in [0.2, 0.25) is 11.8 Å². The zero-order valence-electron chi connectivity index (χ0n) is 13.5. The van der Waals surface area contributed by atoms with Crippen molar-refractivity contribution in [2.24, 2.45) is 5.73 Å². The van der Waals surface area contributed by atoms with E-state index in [9.17, 15) is 18.2 Å². The quantitative estimate of drug-likeness (QED) is 0.746. The molecule has 0 saturated heterocycles. The maximum Gasteiger partial charge on any atom is 0.240 e. The third-order valence-electron chi connectivity index (χ3n) is 3.55. The highest BCUT2D eigenvalue weighted by Gasteiger charge is 2.19. The molecule has 0 aromatic heterocycles. The number of rotatable bonds is 8. The largest absolute Gasteiger partial charge is 0.368 e. The van der Waals surface area contributed by atoms with Crippen molar-refractivity contribution in [3.05, 3.63) is 66.0 Å². The molecule has 2 aromatic rings. The molecule has 2 amide bonds. The van der Waals surface area contributed by atoms with Gasteiger partial charge in [0.05, 0.1) is 17.2 Å². The maximum atomic E-state index is 12.9. The van der Waals surface area contributed by atoms with Crippen LogP contribution in [-0.4, -0.2) is 27.8 Å². The molecule has 5 nitrogen and oxygen atoms in total. The summed E-state index contributed by atoms with van der Waals surface area (Å²) in [6, 6.07) is 13.5. The number of halogens is 1. The highest BCUT2D eigenvalue weighted by atomic mass is 32.2. The van der Waals surface area contributed by atoms with Gasteiger partial charge >= 0.3 is 0 Å². The Balaban J connectivity index is 1.89. The molecule has 0 unspecified atom stereocenters. The first-order valence-corrected chi connectivity index (χ1v) is 9.04. The van der Waals surface area contributed by atoms with Crippen LogP contribution in [0.5, 0.6) is 0 Å². The minimum Gasteiger partial charge on any atom is -0.368 e. The second-order valence-corrected chi connectivity index (χ2v) is 7.05. The van der Waals surface area contributed by atoms with E-state index in [0.717, 1.165) is 0 Å². The van der Waals surface area contributed by atoms with Gasteiger partial charge in [0, 0.05) is 10.6 Å². The number of benzene rings is 2. The standard InChI is InChI=1S/C18H19FN2O3S/c19-14-8-6-13(7-9-14)12-17(22)21-16(18(20)23)10-11-25(24)15-4-2-1-3-5-15/h1-9,16H,10-12H2,(H2,20,23)(H,21,22)/t16-,25-/m1/s1. The van der Waals surface area contributed by atoms with Gasteiger partial charge < -0.3 is 11.1 Å². The zero-order chi connectivity index (χ0) is 18.2. The summed E-state index contributed by atoms with van der Waals surface area (Å²) in [6.07, 6.45) is 0.178. The number of hydrogen-bond acceptors (Lipinski definition) is 3. The summed E-state index contributed by atoms with van der Waals surface area (Å²) in [6.45, 7) is 0. The van der Waals surface area contributed by atoms with Crippen molar-refractivity contribution in [1.29, 1.82) is 0 Å². The molecule has 0 fully saturated rings. The van der Waals surface area contributed by atoms with E-state index >= 15 is 0 Å². The van der Waals surface area contributed by atoms with Crippen LogP contribution in [0.3, 0.4) is 0 Å². The Morgan fingerprint density at radius 2 is 1.72 bits per heavy atom. The fraction of sp³-hybridized carbons (Fsp3) is 0.222. The SMILES string of the molecule is NC(=O)[C@@H](CC[S@@](=O)c1ccccc1)NC(=O)Cc1ccc(F)cc1. The molecule has 2 atom stereocenters. The summed E-state index contributed by atoms with van der Waals surface area (Å²) in [5.74, 6) is -1.27. The lowest BCUT2D eigenvalue weighted by Crippen LogP contribution is -2.45. The fourth-order valence-electron chi connectivity index (χ4n) is 2.23. The lowest BCUT2D eigenvalue weighted by atomic mass is 10.1. The molecule has 0 radical (unpaired) electrons. The molecule has 0 aliphatic carbocycles. The van der Waals surface area contributed by atoms with Gasteiger partial charge in [0.25, 0.3) is 0 Å². The molecule has 3 N–H and O–H groups in total. The van der Waals surface area contributed by atoms with Crippen LogP contribution in [0.15, 0.2) is 59.5 Å². The number of nitrogens with two attached hydrogens (primary N) is 1. The Kier molecular flexibility index (Phi) is 6.82. The molecule has 0 aliphatic rings. The van der Waals surface area contributed by atoms with Crippen LogP contribution in [0.1, 0.15) is 12.0 Å². The zero-order valence-corrected chi connectivity index (χ0v) is 14.3. The monoisotopic (exact) mass is 362 g/mol. The number of nitrogens with one attached hydrogen (secondary N) is 1. The minimum absolute atomic E-state index is 0.00579. The number of carbonyl (C=O) groups excluding carboxylic acids is 2. The van der Waals surface area contributed by atoms with Crippen LogP contribution in [0, 0.1) is 5.82 Å². The van der Waals surface area contributed by atoms with Gasteiger partial charge in [-0.05, 0) is 36.2 Å². The van der Waals surface area contributed by atoms with Gasteiger partial charge in [-0.3, -0.25) is 13.8 Å². The first-order chi connectivity index (χ1) is 12.0.